The van der Waals surface area contributed by atoms with Crippen molar-refractivity contribution >= 4 is 12.1 Å². The second kappa shape index (κ2) is 6.62. The fourth-order valence-electron chi connectivity index (χ4n) is 1.98. The molecule has 1 heterocycles. The largest absolute Gasteiger partial charge is 0.480 e. The van der Waals surface area contributed by atoms with E-state index in [0.717, 1.165) is 0 Å². The first-order chi connectivity index (χ1) is 9.55. The fourth-order valence-corrected chi connectivity index (χ4v) is 1.98. The molecule has 0 radical (unpaired) electrons. The van der Waals surface area contributed by atoms with Crippen LogP contribution in [0.3, 0.4) is 0 Å². The Bertz CT molecular complexity index is 385. The molecule has 0 aliphatic carbocycles. The molecule has 0 aromatic heterocycles. The Kier molecular flexibility index (Phi) is 5.58. The van der Waals surface area contributed by atoms with Crippen molar-refractivity contribution in [3.63, 3.8) is 0 Å². The fraction of sp³-hybridized carbons (Fsp3) is 0.857. The predicted octanol–water partition coefficient (Wildman–Crippen LogP) is 0.979. The Morgan fingerprint density at radius 2 is 1.90 bits per heavy atom. The molecule has 21 heavy (non-hydrogen) atoms. The Morgan fingerprint density at radius 1 is 1.33 bits per heavy atom. The smallest absolute Gasteiger partial charge is 0.407 e. The number of carboxylic acid groups (broad SMARTS) is 1. The summed E-state index contributed by atoms with van der Waals surface area (Å²) in [5.74, 6) is -0.977. The van der Waals surface area contributed by atoms with Gasteiger partial charge in [0.2, 0.25) is 0 Å². The summed E-state index contributed by atoms with van der Waals surface area (Å²) in [7, 11) is 0. The quantitative estimate of drug-likeness (QED) is 0.677. The average Bonchev–Trinajstić information content (AvgIpc) is 2.23. The number of alkyl carbamates (subject to hydrolysis) is 1. The third-order valence-corrected chi connectivity index (χ3v) is 3.12. The summed E-state index contributed by atoms with van der Waals surface area (Å²) in [6.07, 6.45) is -0.521. The zero-order valence-electron chi connectivity index (χ0n) is 13.4. The third kappa shape index (κ3) is 5.51. The molecule has 0 spiro atoms. The van der Waals surface area contributed by atoms with Gasteiger partial charge < -0.3 is 19.9 Å². The molecule has 1 fully saturated rings. The molecular weight excluding hydrogens is 276 g/mol. The third-order valence-electron chi connectivity index (χ3n) is 3.12. The highest BCUT2D eigenvalue weighted by Crippen LogP contribution is 2.19. The second-order valence-corrected chi connectivity index (χ2v) is 6.83. The highest BCUT2D eigenvalue weighted by molar-refractivity contribution is 5.74. The summed E-state index contributed by atoms with van der Waals surface area (Å²) in [6, 6.07) is -0.686. The first-order valence-corrected chi connectivity index (χ1v) is 7.10. The van der Waals surface area contributed by atoms with Crippen molar-refractivity contribution in [3.8, 4) is 0 Å². The van der Waals surface area contributed by atoms with Crippen LogP contribution in [0.2, 0.25) is 0 Å². The van der Waals surface area contributed by atoms with Crippen LogP contribution in [0.15, 0.2) is 0 Å². The van der Waals surface area contributed by atoms with E-state index in [2.05, 4.69) is 10.6 Å². The topological polar surface area (TPSA) is 96.9 Å². The average molecular weight is 302 g/mol. The molecule has 1 aliphatic rings. The lowest BCUT2D eigenvalue weighted by atomic mass is 9.93. The van der Waals surface area contributed by atoms with Gasteiger partial charge in [0.05, 0.1) is 18.8 Å². The SMILES string of the molecule is CC(C)[C@H](NC1(CNC(=O)OC(C)(C)C)COC1)C(=O)O. The number of aliphatic carboxylic acids is 1. The van der Waals surface area contributed by atoms with Crippen molar-refractivity contribution in [1.29, 1.82) is 0 Å². The minimum absolute atomic E-state index is 0.0681. The van der Waals surface area contributed by atoms with Crippen molar-refractivity contribution in [1.82, 2.24) is 10.6 Å². The van der Waals surface area contributed by atoms with Crippen LogP contribution in [0.5, 0.6) is 0 Å². The molecule has 1 aliphatic heterocycles. The van der Waals surface area contributed by atoms with Gasteiger partial charge in [-0.05, 0) is 26.7 Å². The van der Waals surface area contributed by atoms with E-state index in [9.17, 15) is 14.7 Å². The van der Waals surface area contributed by atoms with Gasteiger partial charge in [0.1, 0.15) is 11.6 Å². The lowest BCUT2D eigenvalue weighted by Gasteiger charge is -2.44. The van der Waals surface area contributed by atoms with Crippen molar-refractivity contribution in [2.45, 2.75) is 51.8 Å². The summed E-state index contributed by atoms with van der Waals surface area (Å²) in [4.78, 5) is 22.9. The minimum Gasteiger partial charge on any atom is -0.480 e. The molecule has 1 atom stereocenters. The number of rotatable bonds is 6. The predicted molar refractivity (Wildman–Crippen MR) is 77.2 cm³/mol. The maximum atomic E-state index is 11.7. The van der Waals surface area contributed by atoms with Crippen molar-refractivity contribution < 1.29 is 24.2 Å². The number of carboxylic acids is 1. The number of hydrogen-bond donors (Lipinski definition) is 3. The number of hydrogen-bond acceptors (Lipinski definition) is 5. The van der Waals surface area contributed by atoms with Gasteiger partial charge in [0.15, 0.2) is 0 Å². The molecule has 1 rings (SSSR count). The van der Waals surface area contributed by atoms with Crippen LogP contribution in [-0.4, -0.2) is 54.1 Å². The van der Waals surface area contributed by atoms with E-state index < -0.39 is 29.2 Å². The van der Waals surface area contributed by atoms with Crippen LogP contribution in [0.1, 0.15) is 34.6 Å². The number of nitrogens with one attached hydrogen (secondary N) is 2. The van der Waals surface area contributed by atoms with Crippen LogP contribution in [0, 0.1) is 5.92 Å². The van der Waals surface area contributed by atoms with Gasteiger partial charge in [0, 0.05) is 6.54 Å². The van der Waals surface area contributed by atoms with Crippen molar-refractivity contribution in [2.75, 3.05) is 19.8 Å². The molecule has 122 valence electrons. The van der Waals surface area contributed by atoms with Crippen LogP contribution in [0.25, 0.3) is 0 Å². The first kappa shape index (κ1) is 17.7. The summed E-state index contributed by atoms with van der Waals surface area (Å²) in [6.45, 7) is 10.0. The zero-order valence-corrected chi connectivity index (χ0v) is 13.4. The van der Waals surface area contributed by atoms with Crippen LogP contribution >= 0.6 is 0 Å². The summed E-state index contributed by atoms with van der Waals surface area (Å²) in [5, 5.41) is 15.0. The maximum Gasteiger partial charge on any atom is 0.407 e. The molecule has 1 saturated heterocycles. The molecule has 0 aromatic carbocycles. The van der Waals surface area contributed by atoms with Crippen molar-refractivity contribution in [2.24, 2.45) is 5.92 Å². The Morgan fingerprint density at radius 3 is 2.24 bits per heavy atom. The highest BCUT2D eigenvalue weighted by atomic mass is 16.6. The minimum atomic E-state index is -0.909. The monoisotopic (exact) mass is 302 g/mol. The highest BCUT2D eigenvalue weighted by Gasteiger charge is 2.42. The maximum absolute atomic E-state index is 11.7. The van der Waals surface area contributed by atoms with E-state index in [1.807, 2.05) is 13.8 Å². The molecular formula is C14H26N2O5. The van der Waals surface area contributed by atoms with Crippen molar-refractivity contribution in [3.05, 3.63) is 0 Å². The molecule has 1 amide bonds. The molecule has 7 nitrogen and oxygen atoms in total. The number of amides is 1. The van der Waals surface area contributed by atoms with E-state index in [0.29, 0.717) is 13.2 Å². The van der Waals surface area contributed by atoms with Gasteiger partial charge in [-0.25, -0.2) is 4.79 Å². The number of ether oxygens (including phenoxy) is 2. The van der Waals surface area contributed by atoms with E-state index in [1.165, 1.54) is 0 Å². The number of carbonyl (C=O) groups excluding carboxylic acids is 1. The van der Waals surface area contributed by atoms with E-state index in [4.69, 9.17) is 9.47 Å². The van der Waals surface area contributed by atoms with E-state index in [-0.39, 0.29) is 12.5 Å². The summed E-state index contributed by atoms with van der Waals surface area (Å²) in [5.41, 5.74) is -1.12. The Hall–Kier alpha value is -1.34. The molecule has 0 bridgehead atoms. The van der Waals surface area contributed by atoms with Gasteiger partial charge in [-0.15, -0.1) is 0 Å². The van der Waals surface area contributed by atoms with Gasteiger partial charge in [0.25, 0.3) is 0 Å². The van der Waals surface area contributed by atoms with Gasteiger partial charge in [-0.1, -0.05) is 13.8 Å². The van der Waals surface area contributed by atoms with Gasteiger partial charge >= 0.3 is 12.1 Å². The molecule has 0 saturated carbocycles. The van der Waals surface area contributed by atoms with Gasteiger partial charge in [-0.3, -0.25) is 10.1 Å². The number of carbonyl (C=O) groups is 2. The Labute approximate surface area is 125 Å². The molecule has 0 aromatic rings. The Balaban J connectivity index is 2.57. The standard InChI is InChI=1S/C14H26N2O5/c1-9(2)10(11(17)18)16-14(7-20-8-14)6-15-12(19)21-13(3,4)5/h9-10,16H,6-8H2,1-5H3,(H,15,19)(H,17,18)/t10-/m0/s1. The van der Waals surface area contributed by atoms with Crippen LogP contribution in [0.4, 0.5) is 4.79 Å². The normalized spacial score (nSPS) is 18.8. The van der Waals surface area contributed by atoms with Crippen LogP contribution < -0.4 is 10.6 Å². The lowest BCUT2D eigenvalue weighted by molar-refractivity contribution is -0.144. The zero-order chi connectivity index (χ0) is 16.3. The molecule has 0 unspecified atom stereocenters. The second-order valence-electron chi connectivity index (χ2n) is 6.83. The summed E-state index contributed by atoms with van der Waals surface area (Å²) >= 11 is 0. The van der Waals surface area contributed by atoms with E-state index in [1.54, 1.807) is 20.8 Å². The summed E-state index contributed by atoms with van der Waals surface area (Å²) < 4.78 is 10.4. The first-order valence-electron chi connectivity index (χ1n) is 7.10. The molecule has 3 N–H and O–H groups in total. The van der Waals surface area contributed by atoms with Crippen LogP contribution in [-0.2, 0) is 14.3 Å². The lowest BCUT2D eigenvalue weighted by Crippen LogP contribution is -2.69. The van der Waals surface area contributed by atoms with E-state index >= 15 is 0 Å². The van der Waals surface area contributed by atoms with Gasteiger partial charge in [-0.2, -0.15) is 0 Å². The molecule has 7 heteroatoms.